The van der Waals surface area contributed by atoms with Gasteiger partial charge in [0.05, 0.1) is 10.6 Å². The third-order valence-electron chi connectivity index (χ3n) is 2.88. The molecule has 2 N–H and O–H groups in total. The van der Waals surface area contributed by atoms with Gasteiger partial charge >= 0.3 is 0 Å². The van der Waals surface area contributed by atoms with Gasteiger partial charge in [0.25, 0.3) is 5.91 Å². The molecule has 2 aromatic rings. The van der Waals surface area contributed by atoms with Crippen molar-refractivity contribution in [2.75, 3.05) is 12.8 Å². The van der Waals surface area contributed by atoms with Crippen molar-refractivity contribution in [3.8, 4) is 0 Å². The van der Waals surface area contributed by atoms with Crippen molar-refractivity contribution in [3.63, 3.8) is 0 Å². The third kappa shape index (κ3) is 3.44. The Kier molecular flexibility index (Phi) is 4.53. The second-order valence-corrected chi connectivity index (χ2v) is 5.37. The van der Waals surface area contributed by atoms with Crippen LogP contribution in [0.2, 0.25) is 10.0 Å². The first kappa shape index (κ1) is 14.7. The highest BCUT2D eigenvalue weighted by Gasteiger charge is 2.15. The van der Waals surface area contributed by atoms with Crippen LogP contribution in [-0.2, 0) is 6.54 Å². The van der Waals surface area contributed by atoms with Crippen LogP contribution in [0.5, 0.6) is 0 Å². The fourth-order valence-corrected chi connectivity index (χ4v) is 2.37. The molecule has 0 saturated carbocycles. The minimum atomic E-state index is -0.157. The zero-order chi connectivity index (χ0) is 14.7. The highest BCUT2D eigenvalue weighted by Crippen LogP contribution is 2.21. The van der Waals surface area contributed by atoms with E-state index in [9.17, 15) is 4.79 Å². The molecule has 0 spiro atoms. The summed E-state index contributed by atoms with van der Waals surface area (Å²) in [7, 11) is 1.72. The van der Waals surface area contributed by atoms with Gasteiger partial charge in [-0.05, 0) is 35.9 Å². The molecule has 0 heterocycles. The number of carbonyl (C=O) groups excluding carboxylic acids is 1. The van der Waals surface area contributed by atoms with Crippen molar-refractivity contribution < 1.29 is 4.79 Å². The zero-order valence-electron chi connectivity index (χ0n) is 10.9. The summed E-state index contributed by atoms with van der Waals surface area (Å²) in [4.78, 5) is 13.9. The molecule has 0 saturated heterocycles. The van der Waals surface area contributed by atoms with E-state index in [-0.39, 0.29) is 5.91 Å². The van der Waals surface area contributed by atoms with Crippen molar-refractivity contribution in [2.24, 2.45) is 0 Å². The number of hydrogen-bond donors (Lipinski definition) is 1. The molecule has 0 fully saturated rings. The van der Waals surface area contributed by atoms with Gasteiger partial charge in [-0.25, -0.2) is 0 Å². The molecule has 0 radical (unpaired) electrons. The quantitative estimate of drug-likeness (QED) is 0.875. The Morgan fingerprint density at radius 3 is 2.60 bits per heavy atom. The molecule has 20 heavy (non-hydrogen) atoms. The summed E-state index contributed by atoms with van der Waals surface area (Å²) >= 11 is 12.0. The lowest BCUT2D eigenvalue weighted by atomic mass is 10.1. The van der Waals surface area contributed by atoms with Crippen LogP contribution in [0, 0.1) is 0 Å². The Labute approximate surface area is 127 Å². The van der Waals surface area contributed by atoms with Crippen LogP contribution in [0.15, 0.2) is 42.5 Å². The van der Waals surface area contributed by atoms with E-state index in [1.165, 1.54) is 0 Å². The van der Waals surface area contributed by atoms with E-state index >= 15 is 0 Å². The van der Waals surface area contributed by atoms with E-state index in [2.05, 4.69) is 0 Å². The summed E-state index contributed by atoms with van der Waals surface area (Å²) in [6.07, 6.45) is 0. The van der Waals surface area contributed by atoms with E-state index in [0.29, 0.717) is 27.8 Å². The molecule has 0 aromatic heterocycles. The number of carbonyl (C=O) groups is 1. The standard InChI is InChI=1S/C15H14Cl2N2O/c1-19(9-10-3-2-4-11(16)7-10)15(20)13-6-5-12(18)8-14(13)17/h2-8H,9,18H2,1H3. The normalized spacial score (nSPS) is 10.3. The Hall–Kier alpha value is -1.71. The molecular formula is C15H14Cl2N2O. The predicted octanol–water partition coefficient (Wildman–Crippen LogP) is 3.85. The van der Waals surface area contributed by atoms with Crippen molar-refractivity contribution in [2.45, 2.75) is 6.54 Å². The molecule has 0 aliphatic heterocycles. The number of halogens is 2. The van der Waals surface area contributed by atoms with Crippen LogP contribution >= 0.6 is 23.2 Å². The van der Waals surface area contributed by atoms with Crippen molar-refractivity contribution in [3.05, 3.63) is 63.6 Å². The van der Waals surface area contributed by atoms with Gasteiger partial charge in [-0.1, -0.05) is 35.3 Å². The number of nitrogen functional groups attached to an aromatic ring is 1. The van der Waals surface area contributed by atoms with Gasteiger partial charge in [0.15, 0.2) is 0 Å². The molecule has 5 heteroatoms. The lowest BCUT2D eigenvalue weighted by Crippen LogP contribution is -2.26. The van der Waals surface area contributed by atoms with Crippen LogP contribution in [0.25, 0.3) is 0 Å². The molecule has 2 aromatic carbocycles. The van der Waals surface area contributed by atoms with Gasteiger partial charge in [0.2, 0.25) is 0 Å². The maximum atomic E-state index is 12.3. The lowest BCUT2D eigenvalue weighted by Gasteiger charge is -2.18. The van der Waals surface area contributed by atoms with Crippen LogP contribution in [0.4, 0.5) is 5.69 Å². The van der Waals surface area contributed by atoms with Crippen LogP contribution in [0.3, 0.4) is 0 Å². The topological polar surface area (TPSA) is 46.3 Å². The fourth-order valence-electron chi connectivity index (χ4n) is 1.89. The summed E-state index contributed by atoms with van der Waals surface area (Å²) in [5.74, 6) is -0.157. The molecular weight excluding hydrogens is 295 g/mol. The number of benzene rings is 2. The second kappa shape index (κ2) is 6.16. The fraction of sp³-hybridized carbons (Fsp3) is 0.133. The van der Waals surface area contributed by atoms with E-state index in [1.807, 2.05) is 18.2 Å². The molecule has 0 aliphatic rings. The van der Waals surface area contributed by atoms with Gasteiger partial charge in [-0.3, -0.25) is 4.79 Å². The zero-order valence-corrected chi connectivity index (χ0v) is 12.4. The average Bonchev–Trinajstić information content (AvgIpc) is 2.38. The highest BCUT2D eigenvalue weighted by atomic mass is 35.5. The summed E-state index contributed by atoms with van der Waals surface area (Å²) in [5.41, 5.74) is 7.55. The van der Waals surface area contributed by atoms with Crippen molar-refractivity contribution in [1.82, 2.24) is 4.90 Å². The Morgan fingerprint density at radius 2 is 1.95 bits per heavy atom. The Morgan fingerprint density at radius 1 is 1.20 bits per heavy atom. The first-order valence-corrected chi connectivity index (χ1v) is 6.78. The third-order valence-corrected chi connectivity index (χ3v) is 3.43. The monoisotopic (exact) mass is 308 g/mol. The minimum absolute atomic E-state index is 0.157. The van der Waals surface area contributed by atoms with Crippen molar-refractivity contribution in [1.29, 1.82) is 0 Å². The maximum absolute atomic E-state index is 12.3. The molecule has 0 unspecified atom stereocenters. The molecule has 2 rings (SSSR count). The number of anilines is 1. The van der Waals surface area contributed by atoms with Gasteiger partial charge in [0.1, 0.15) is 0 Å². The summed E-state index contributed by atoms with van der Waals surface area (Å²) < 4.78 is 0. The predicted molar refractivity (Wildman–Crippen MR) is 83.1 cm³/mol. The summed E-state index contributed by atoms with van der Waals surface area (Å²) in [6.45, 7) is 0.458. The Balaban J connectivity index is 2.16. The Bertz CT molecular complexity index is 644. The van der Waals surface area contributed by atoms with Gasteiger partial charge in [0, 0.05) is 24.3 Å². The van der Waals surface area contributed by atoms with Gasteiger partial charge in [-0.2, -0.15) is 0 Å². The second-order valence-electron chi connectivity index (χ2n) is 4.53. The highest BCUT2D eigenvalue weighted by molar-refractivity contribution is 6.34. The van der Waals surface area contributed by atoms with Crippen molar-refractivity contribution >= 4 is 34.8 Å². The summed E-state index contributed by atoms with van der Waals surface area (Å²) in [5, 5.41) is 1.00. The van der Waals surface area contributed by atoms with Gasteiger partial charge in [-0.15, -0.1) is 0 Å². The lowest BCUT2D eigenvalue weighted by molar-refractivity contribution is 0.0785. The first-order valence-electron chi connectivity index (χ1n) is 6.02. The number of rotatable bonds is 3. The largest absolute Gasteiger partial charge is 0.399 e. The molecule has 0 bridgehead atoms. The molecule has 0 atom stereocenters. The number of nitrogens with two attached hydrogens (primary N) is 1. The van der Waals surface area contributed by atoms with E-state index in [4.69, 9.17) is 28.9 Å². The number of hydrogen-bond acceptors (Lipinski definition) is 2. The SMILES string of the molecule is CN(Cc1cccc(Cl)c1)C(=O)c1ccc(N)cc1Cl. The smallest absolute Gasteiger partial charge is 0.255 e. The molecule has 104 valence electrons. The van der Waals surface area contributed by atoms with Crippen LogP contribution in [0.1, 0.15) is 15.9 Å². The van der Waals surface area contributed by atoms with Gasteiger partial charge < -0.3 is 10.6 Å². The maximum Gasteiger partial charge on any atom is 0.255 e. The van der Waals surface area contributed by atoms with Crippen LogP contribution < -0.4 is 5.73 Å². The van der Waals surface area contributed by atoms with E-state index < -0.39 is 0 Å². The molecule has 3 nitrogen and oxygen atoms in total. The molecule has 1 amide bonds. The van der Waals surface area contributed by atoms with E-state index in [1.54, 1.807) is 36.2 Å². The molecule has 0 aliphatic carbocycles. The number of nitrogens with zero attached hydrogens (tertiary/aromatic N) is 1. The number of amides is 1. The average molecular weight is 309 g/mol. The first-order chi connectivity index (χ1) is 9.47. The summed E-state index contributed by atoms with van der Waals surface area (Å²) in [6, 6.07) is 12.3. The van der Waals surface area contributed by atoms with Crippen LogP contribution in [-0.4, -0.2) is 17.9 Å². The van der Waals surface area contributed by atoms with E-state index in [0.717, 1.165) is 5.56 Å². The minimum Gasteiger partial charge on any atom is -0.399 e.